The molecule has 4 N–H and O–H groups in total. The number of aliphatic hydroxyl groups is 1. The predicted molar refractivity (Wildman–Crippen MR) is 115 cm³/mol. The molecule has 3 aromatic rings. The van der Waals surface area contributed by atoms with Crippen molar-refractivity contribution >= 4 is 38.9 Å². The van der Waals surface area contributed by atoms with Gasteiger partial charge in [-0.05, 0) is 12.1 Å². The molecular weight excluding hydrogens is 454 g/mol. The standard InChI is InChI=1S/C20H20BrN5O4/c21-13-8-11(28-7-4-27)2-3-12(13)18-24-19(22)25-20-23-14-9-16-17(10-15(14)26(18)20)30-6-1-5-29-16/h2-3,8-10,18,27H,1,4-7H2,(H3,22,23,24,25). The van der Waals surface area contributed by atoms with Crippen LogP contribution in [0.25, 0.3) is 11.0 Å². The summed E-state index contributed by atoms with van der Waals surface area (Å²) in [6.07, 6.45) is 0.400. The number of benzene rings is 2. The van der Waals surface area contributed by atoms with E-state index in [1.807, 2.05) is 34.9 Å². The highest BCUT2D eigenvalue weighted by atomic mass is 79.9. The molecule has 156 valence electrons. The summed E-state index contributed by atoms with van der Waals surface area (Å²) in [4.78, 5) is 9.32. The maximum absolute atomic E-state index is 8.97. The summed E-state index contributed by atoms with van der Waals surface area (Å²) in [5.74, 6) is 2.90. The third-order valence-corrected chi connectivity index (χ3v) is 5.60. The quantitative estimate of drug-likeness (QED) is 0.533. The van der Waals surface area contributed by atoms with Gasteiger partial charge in [-0.2, -0.15) is 0 Å². The van der Waals surface area contributed by atoms with Gasteiger partial charge in [-0.15, -0.1) is 0 Å². The third kappa shape index (κ3) is 3.31. The van der Waals surface area contributed by atoms with Gasteiger partial charge >= 0.3 is 0 Å². The Morgan fingerprint density at radius 3 is 2.80 bits per heavy atom. The molecule has 0 aliphatic carbocycles. The molecular formula is C20H20BrN5O4. The number of fused-ring (bicyclic) bond motifs is 4. The molecule has 0 bridgehead atoms. The molecule has 0 amide bonds. The SMILES string of the molecule is NC1=NC(c2ccc(OCCO)cc2Br)n2c(nc3cc4c(cc32)OCCCO4)N1. The van der Waals surface area contributed by atoms with E-state index in [0.717, 1.165) is 27.5 Å². The van der Waals surface area contributed by atoms with Crippen LogP contribution in [0.15, 0.2) is 39.8 Å². The number of nitrogens with zero attached hydrogens (tertiary/aromatic N) is 3. The first-order valence-electron chi connectivity index (χ1n) is 9.59. The molecule has 0 fully saturated rings. The van der Waals surface area contributed by atoms with Crippen molar-refractivity contribution in [3.05, 3.63) is 40.4 Å². The normalized spacial score (nSPS) is 17.7. The van der Waals surface area contributed by atoms with Crippen molar-refractivity contribution in [3.63, 3.8) is 0 Å². The minimum atomic E-state index is -0.433. The van der Waals surface area contributed by atoms with Crippen LogP contribution in [0.4, 0.5) is 5.95 Å². The molecule has 1 aromatic heterocycles. The molecule has 0 spiro atoms. The van der Waals surface area contributed by atoms with Crippen LogP contribution in [0, 0.1) is 0 Å². The van der Waals surface area contributed by atoms with E-state index in [1.54, 1.807) is 0 Å². The van der Waals surface area contributed by atoms with Gasteiger partial charge in [0.2, 0.25) is 5.95 Å². The summed E-state index contributed by atoms with van der Waals surface area (Å²) in [7, 11) is 0. The van der Waals surface area contributed by atoms with E-state index < -0.39 is 6.17 Å². The van der Waals surface area contributed by atoms with Crippen molar-refractivity contribution in [3.8, 4) is 17.2 Å². The zero-order chi connectivity index (χ0) is 20.7. The van der Waals surface area contributed by atoms with Crippen molar-refractivity contribution in [1.82, 2.24) is 9.55 Å². The number of aliphatic hydroxyl groups excluding tert-OH is 1. The third-order valence-electron chi connectivity index (χ3n) is 4.91. The number of anilines is 1. The Labute approximate surface area is 180 Å². The monoisotopic (exact) mass is 473 g/mol. The van der Waals surface area contributed by atoms with E-state index in [0.29, 0.717) is 36.4 Å². The van der Waals surface area contributed by atoms with Gasteiger partial charge in [0.25, 0.3) is 0 Å². The first-order valence-corrected chi connectivity index (χ1v) is 10.4. The van der Waals surface area contributed by atoms with E-state index in [4.69, 9.17) is 30.0 Å². The highest BCUT2D eigenvalue weighted by Gasteiger charge is 2.28. The van der Waals surface area contributed by atoms with Gasteiger partial charge in [-0.3, -0.25) is 9.88 Å². The van der Waals surface area contributed by atoms with Gasteiger partial charge < -0.3 is 25.1 Å². The molecule has 10 heteroatoms. The average Bonchev–Trinajstić information content (AvgIpc) is 2.91. The Balaban J connectivity index is 1.62. The van der Waals surface area contributed by atoms with Crippen LogP contribution in [0.5, 0.6) is 17.2 Å². The molecule has 5 rings (SSSR count). The fourth-order valence-electron chi connectivity index (χ4n) is 3.60. The number of aliphatic imine (C=N–C) groups is 1. The second-order valence-corrected chi connectivity index (χ2v) is 7.77. The molecule has 9 nitrogen and oxygen atoms in total. The molecule has 0 radical (unpaired) electrons. The topological polar surface area (TPSA) is 116 Å². The fraction of sp³-hybridized carbons (Fsp3) is 0.300. The Morgan fingerprint density at radius 1 is 1.23 bits per heavy atom. The average molecular weight is 474 g/mol. The fourth-order valence-corrected chi connectivity index (χ4v) is 4.17. The molecule has 0 saturated heterocycles. The van der Waals surface area contributed by atoms with Crippen LogP contribution in [-0.2, 0) is 0 Å². The van der Waals surface area contributed by atoms with Gasteiger partial charge in [0, 0.05) is 28.6 Å². The lowest BCUT2D eigenvalue weighted by Crippen LogP contribution is -2.31. The highest BCUT2D eigenvalue weighted by Crippen LogP contribution is 2.40. The van der Waals surface area contributed by atoms with Gasteiger partial charge in [-0.1, -0.05) is 22.0 Å². The Hall–Kier alpha value is -2.98. The van der Waals surface area contributed by atoms with Crippen LogP contribution in [0.3, 0.4) is 0 Å². The van der Waals surface area contributed by atoms with Gasteiger partial charge in [0.15, 0.2) is 23.6 Å². The molecule has 3 heterocycles. The van der Waals surface area contributed by atoms with Crippen LogP contribution in [-0.4, -0.2) is 47.0 Å². The van der Waals surface area contributed by atoms with Crippen LogP contribution >= 0.6 is 15.9 Å². The number of hydrogen-bond donors (Lipinski definition) is 3. The van der Waals surface area contributed by atoms with Gasteiger partial charge in [-0.25, -0.2) is 9.98 Å². The summed E-state index contributed by atoms with van der Waals surface area (Å²) in [5.41, 5.74) is 8.56. The van der Waals surface area contributed by atoms with Crippen LogP contribution < -0.4 is 25.3 Å². The smallest absolute Gasteiger partial charge is 0.212 e. The van der Waals surface area contributed by atoms with Crippen molar-refractivity contribution in [2.75, 3.05) is 31.7 Å². The first kappa shape index (κ1) is 19.0. The van der Waals surface area contributed by atoms with E-state index in [1.165, 1.54) is 0 Å². The minimum absolute atomic E-state index is 0.0466. The van der Waals surface area contributed by atoms with Crippen molar-refractivity contribution < 1.29 is 19.3 Å². The number of halogens is 1. The molecule has 2 aliphatic rings. The number of nitrogens with one attached hydrogen (secondary N) is 1. The predicted octanol–water partition coefficient (Wildman–Crippen LogP) is 2.62. The maximum atomic E-state index is 8.97. The number of ether oxygens (including phenoxy) is 3. The number of aromatic nitrogens is 2. The van der Waals surface area contributed by atoms with E-state index in [9.17, 15) is 0 Å². The molecule has 2 aliphatic heterocycles. The summed E-state index contributed by atoms with van der Waals surface area (Å²) in [5, 5.41) is 12.0. The number of hydrogen-bond acceptors (Lipinski definition) is 8. The largest absolute Gasteiger partial charge is 0.491 e. The number of rotatable bonds is 4. The number of nitrogens with two attached hydrogens (primary N) is 1. The zero-order valence-electron chi connectivity index (χ0n) is 16.0. The van der Waals surface area contributed by atoms with Gasteiger partial charge in [0.05, 0.1) is 30.9 Å². The van der Waals surface area contributed by atoms with E-state index in [2.05, 4.69) is 26.2 Å². The Bertz CT molecular complexity index is 1150. The molecule has 30 heavy (non-hydrogen) atoms. The summed E-state index contributed by atoms with van der Waals surface area (Å²) in [6.45, 7) is 1.40. The summed E-state index contributed by atoms with van der Waals surface area (Å²) in [6, 6.07) is 9.43. The van der Waals surface area contributed by atoms with Crippen LogP contribution in [0.2, 0.25) is 0 Å². The number of guanidine groups is 1. The lowest BCUT2D eigenvalue weighted by atomic mass is 10.1. The molecule has 1 unspecified atom stereocenters. The first-order chi connectivity index (χ1) is 14.6. The van der Waals surface area contributed by atoms with Gasteiger partial charge in [0.1, 0.15) is 12.4 Å². The molecule has 2 aromatic carbocycles. The lowest BCUT2D eigenvalue weighted by molar-refractivity contribution is 0.201. The number of imidazole rings is 1. The summed E-state index contributed by atoms with van der Waals surface area (Å²) >= 11 is 3.62. The van der Waals surface area contributed by atoms with Crippen molar-refractivity contribution in [1.29, 1.82) is 0 Å². The van der Waals surface area contributed by atoms with Crippen molar-refractivity contribution in [2.24, 2.45) is 10.7 Å². The molecule has 0 saturated carbocycles. The second-order valence-electron chi connectivity index (χ2n) is 6.91. The second kappa shape index (κ2) is 7.69. The Morgan fingerprint density at radius 2 is 2.03 bits per heavy atom. The van der Waals surface area contributed by atoms with Crippen molar-refractivity contribution in [2.45, 2.75) is 12.6 Å². The zero-order valence-corrected chi connectivity index (χ0v) is 17.6. The van der Waals surface area contributed by atoms with E-state index >= 15 is 0 Å². The van der Waals surface area contributed by atoms with E-state index in [-0.39, 0.29) is 19.2 Å². The Kier molecular flexibility index (Phi) is 4.87. The van der Waals surface area contributed by atoms with Crippen LogP contribution in [0.1, 0.15) is 18.2 Å². The minimum Gasteiger partial charge on any atom is -0.491 e. The highest BCUT2D eigenvalue weighted by molar-refractivity contribution is 9.10. The molecule has 1 atom stereocenters. The lowest BCUT2D eigenvalue weighted by Gasteiger charge is -2.25. The summed E-state index contributed by atoms with van der Waals surface area (Å²) < 4.78 is 19.9. The maximum Gasteiger partial charge on any atom is 0.212 e.